The van der Waals surface area contributed by atoms with Gasteiger partial charge in [0, 0.05) is 37.5 Å². The summed E-state index contributed by atoms with van der Waals surface area (Å²) < 4.78 is -1.91. The van der Waals surface area contributed by atoms with Crippen LogP contribution in [0.1, 0.15) is 45.4 Å². The van der Waals surface area contributed by atoms with E-state index in [0.717, 1.165) is 0 Å². The molecule has 0 aliphatic heterocycles. The van der Waals surface area contributed by atoms with Crippen LogP contribution >= 0.6 is 34.8 Å². The maximum atomic E-state index is 9.32. The van der Waals surface area contributed by atoms with Gasteiger partial charge in [0.05, 0.1) is 0 Å². The largest absolute Gasteiger partial charge is 0.396 e. The topological polar surface area (TPSA) is 144 Å². The Labute approximate surface area is 179 Å². The molecule has 0 aromatic carbocycles. The van der Waals surface area contributed by atoms with Crippen molar-refractivity contribution in [1.29, 1.82) is 0 Å². The lowest BCUT2D eigenvalue weighted by atomic mass is 9.94. The molecule has 0 aliphatic rings. The fourth-order valence-electron chi connectivity index (χ4n) is 2.64. The summed E-state index contributed by atoms with van der Waals surface area (Å²) in [4.78, 5) is 12.6. The molecule has 1 aromatic rings. The van der Waals surface area contributed by atoms with Crippen LogP contribution in [0.15, 0.2) is 0 Å². The molecular formula is C16H28Cl3N5O4. The second-order valence-electron chi connectivity index (χ2n) is 7.07. The van der Waals surface area contributed by atoms with Crippen molar-refractivity contribution in [2.45, 2.75) is 54.4 Å². The minimum Gasteiger partial charge on any atom is -0.396 e. The summed E-state index contributed by atoms with van der Waals surface area (Å²) in [7, 11) is 0. The SMILES string of the molecule is CC(CCO)(CCO)Nc1nc(NC(C)(CCO)CCO)nc(C(Cl)(Cl)Cl)n1. The van der Waals surface area contributed by atoms with Gasteiger partial charge < -0.3 is 31.1 Å². The van der Waals surface area contributed by atoms with Crippen molar-refractivity contribution in [2.24, 2.45) is 0 Å². The highest BCUT2D eigenvalue weighted by Crippen LogP contribution is 2.37. The molecule has 0 saturated carbocycles. The quantitative estimate of drug-likeness (QED) is 0.256. The zero-order chi connectivity index (χ0) is 21.4. The first kappa shape index (κ1) is 25.4. The molecule has 12 heteroatoms. The molecule has 28 heavy (non-hydrogen) atoms. The van der Waals surface area contributed by atoms with E-state index in [1.165, 1.54) is 0 Å². The predicted octanol–water partition coefficient (Wildman–Crippen LogP) is 1.57. The summed E-state index contributed by atoms with van der Waals surface area (Å²) in [5.74, 6) is 0.0698. The van der Waals surface area contributed by atoms with Gasteiger partial charge in [-0.25, -0.2) is 0 Å². The number of nitrogens with one attached hydrogen (secondary N) is 2. The predicted molar refractivity (Wildman–Crippen MR) is 110 cm³/mol. The van der Waals surface area contributed by atoms with Gasteiger partial charge in [-0.2, -0.15) is 15.0 Å². The van der Waals surface area contributed by atoms with Gasteiger partial charge in [-0.05, 0) is 39.5 Å². The minimum atomic E-state index is -1.91. The van der Waals surface area contributed by atoms with E-state index in [2.05, 4.69) is 25.6 Å². The van der Waals surface area contributed by atoms with Crippen molar-refractivity contribution < 1.29 is 20.4 Å². The van der Waals surface area contributed by atoms with Crippen LogP contribution in [0.25, 0.3) is 0 Å². The first-order chi connectivity index (χ1) is 13.0. The molecule has 0 saturated heterocycles. The van der Waals surface area contributed by atoms with Gasteiger partial charge in [0.2, 0.25) is 15.7 Å². The van der Waals surface area contributed by atoms with Gasteiger partial charge in [0.25, 0.3) is 0 Å². The van der Waals surface area contributed by atoms with Gasteiger partial charge in [-0.15, -0.1) is 0 Å². The Hall–Kier alpha value is -0.680. The lowest BCUT2D eigenvalue weighted by molar-refractivity contribution is 0.212. The highest BCUT2D eigenvalue weighted by molar-refractivity contribution is 6.66. The van der Waals surface area contributed by atoms with Crippen LogP contribution in [0.2, 0.25) is 0 Å². The average molecular weight is 461 g/mol. The summed E-state index contributed by atoms with van der Waals surface area (Å²) in [5, 5.41) is 43.4. The Balaban J connectivity index is 3.29. The van der Waals surface area contributed by atoms with Crippen molar-refractivity contribution in [3.63, 3.8) is 0 Å². The molecule has 162 valence electrons. The third-order valence-corrected chi connectivity index (χ3v) is 4.88. The Morgan fingerprint density at radius 3 is 1.25 bits per heavy atom. The number of halogens is 3. The van der Waals surface area contributed by atoms with Crippen LogP contribution in [0.5, 0.6) is 0 Å². The van der Waals surface area contributed by atoms with Crippen LogP contribution in [0, 0.1) is 0 Å². The van der Waals surface area contributed by atoms with Crippen molar-refractivity contribution >= 4 is 46.7 Å². The Bertz CT molecular complexity index is 564. The molecule has 0 fully saturated rings. The number of rotatable bonds is 12. The second kappa shape index (κ2) is 10.9. The molecule has 0 unspecified atom stereocenters. The monoisotopic (exact) mass is 459 g/mol. The molecule has 0 spiro atoms. The summed E-state index contributed by atoms with van der Waals surface area (Å²) >= 11 is 17.9. The molecule has 0 bridgehead atoms. The number of hydrogen-bond donors (Lipinski definition) is 6. The van der Waals surface area contributed by atoms with Crippen molar-refractivity contribution in [3.05, 3.63) is 5.82 Å². The Morgan fingerprint density at radius 2 is 1.00 bits per heavy atom. The molecular weight excluding hydrogens is 433 g/mol. The third-order valence-electron chi connectivity index (χ3n) is 4.37. The van der Waals surface area contributed by atoms with Gasteiger partial charge in [0.1, 0.15) is 0 Å². The van der Waals surface area contributed by atoms with Gasteiger partial charge in [-0.3, -0.25) is 0 Å². The van der Waals surface area contributed by atoms with Crippen molar-refractivity contribution in [2.75, 3.05) is 37.1 Å². The fraction of sp³-hybridized carbons (Fsp3) is 0.812. The fourth-order valence-corrected chi connectivity index (χ4v) is 2.89. The van der Waals surface area contributed by atoms with Crippen LogP contribution < -0.4 is 10.6 Å². The van der Waals surface area contributed by atoms with Crippen LogP contribution in [-0.2, 0) is 3.79 Å². The van der Waals surface area contributed by atoms with Crippen LogP contribution in [-0.4, -0.2) is 72.9 Å². The summed E-state index contributed by atoms with van der Waals surface area (Å²) in [6.45, 7) is 3.16. The highest BCUT2D eigenvalue weighted by atomic mass is 35.6. The molecule has 1 heterocycles. The van der Waals surface area contributed by atoms with Crippen molar-refractivity contribution in [3.8, 4) is 0 Å². The first-order valence-electron chi connectivity index (χ1n) is 8.84. The molecule has 0 radical (unpaired) electrons. The van der Waals surface area contributed by atoms with Gasteiger partial charge in [0.15, 0.2) is 5.82 Å². The molecule has 0 aliphatic carbocycles. The zero-order valence-electron chi connectivity index (χ0n) is 15.9. The Kier molecular flexibility index (Phi) is 9.88. The summed E-state index contributed by atoms with van der Waals surface area (Å²) in [5.41, 5.74) is -1.40. The minimum absolute atomic E-state index is 0.0959. The third kappa shape index (κ3) is 7.98. The van der Waals surface area contributed by atoms with Crippen LogP contribution in [0.3, 0.4) is 0 Å². The van der Waals surface area contributed by atoms with E-state index in [1.54, 1.807) is 13.8 Å². The maximum absolute atomic E-state index is 9.32. The van der Waals surface area contributed by atoms with E-state index in [0.29, 0.717) is 25.7 Å². The number of alkyl halides is 3. The lowest BCUT2D eigenvalue weighted by Gasteiger charge is -2.32. The normalized spacial score (nSPS) is 12.9. The summed E-state index contributed by atoms with van der Waals surface area (Å²) in [6.07, 6.45) is 1.32. The van der Waals surface area contributed by atoms with E-state index >= 15 is 0 Å². The molecule has 0 atom stereocenters. The number of hydrogen-bond acceptors (Lipinski definition) is 9. The molecule has 9 nitrogen and oxygen atoms in total. The Morgan fingerprint density at radius 1 is 0.679 bits per heavy atom. The highest BCUT2D eigenvalue weighted by Gasteiger charge is 2.32. The smallest absolute Gasteiger partial charge is 0.250 e. The van der Waals surface area contributed by atoms with E-state index in [1.807, 2.05) is 0 Å². The lowest BCUT2D eigenvalue weighted by Crippen LogP contribution is -2.39. The first-order valence-corrected chi connectivity index (χ1v) is 9.97. The molecule has 1 aromatic heterocycles. The van der Waals surface area contributed by atoms with Crippen molar-refractivity contribution in [1.82, 2.24) is 15.0 Å². The maximum Gasteiger partial charge on any atom is 0.250 e. The number of aromatic nitrogens is 3. The molecule has 0 amide bonds. The second-order valence-corrected chi connectivity index (χ2v) is 9.35. The van der Waals surface area contributed by atoms with E-state index in [9.17, 15) is 20.4 Å². The average Bonchev–Trinajstić information content (AvgIpc) is 2.54. The zero-order valence-corrected chi connectivity index (χ0v) is 18.2. The van der Waals surface area contributed by atoms with E-state index in [-0.39, 0.29) is 44.1 Å². The van der Waals surface area contributed by atoms with E-state index < -0.39 is 14.9 Å². The summed E-state index contributed by atoms with van der Waals surface area (Å²) in [6, 6.07) is 0. The molecule has 1 rings (SSSR count). The number of aliphatic hydroxyl groups is 4. The van der Waals surface area contributed by atoms with Gasteiger partial charge >= 0.3 is 0 Å². The van der Waals surface area contributed by atoms with E-state index in [4.69, 9.17) is 34.8 Å². The molecule has 6 N–H and O–H groups in total. The number of nitrogens with zero attached hydrogens (tertiary/aromatic N) is 3. The standard InChI is InChI=1S/C16H28Cl3N5O4/c1-14(3-7-25,4-8-26)23-12-20-11(16(17,18)19)21-13(22-12)24-15(2,5-9-27)6-10-28/h25-28H,3-10H2,1-2H3,(H2,20,21,22,23,24). The number of anilines is 2. The van der Waals surface area contributed by atoms with Crippen LogP contribution in [0.4, 0.5) is 11.9 Å². The van der Waals surface area contributed by atoms with Gasteiger partial charge in [-0.1, -0.05) is 34.8 Å². The number of aliphatic hydroxyl groups excluding tert-OH is 4.